The fourth-order valence-corrected chi connectivity index (χ4v) is 4.03. The van der Waals surface area contributed by atoms with E-state index in [-0.39, 0.29) is 5.82 Å². The SMILES string of the molecule is CC(C)CN1CCN(c2nc3c(c(=O)[nH]c(=O)n3C)n2Cc2ccc(F)cc2)CC1. The summed E-state index contributed by atoms with van der Waals surface area (Å²) in [6, 6.07) is 6.20. The number of benzene rings is 1. The number of halogens is 1. The number of hydrogen-bond acceptors (Lipinski definition) is 5. The van der Waals surface area contributed by atoms with Gasteiger partial charge in [0.1, 0.15) is 5.82 Å². The Hall–Kier alpha value is -2.94. The molecule has 30 heavy (non-hydrogen) atoms. The average Bonchev–Trinajstić information content (AvgIpc) is 3.08. The first-order valence-corrected chi connectivity index (χ1v) is 10.2. The molecule has 160 valence electrons. The van der Waals surface area contributed by atoms with Crippen molar-refractivity contribution in [2.24, 2.45) is 13.0 Å². The van der Waals surface area contributed by atoms with Crippen LogP contribution < -0.4 is 16.1 Å². The van der Waals surface area contributed by atoms with Gasteiger partial charge in [-0.3, -0.25) is 23.8 Å². The number of anilines is 1. The lowest BCUT2D eigenvalue weighted by molar-refractivity contribution is 0.230. The molecular weight excluding hydrogens is 387 g/mol. The zero-order valence-electron chi connectivity index (χ0n) is 17.6. The predicted molar refractivity (Wildman–Crippen MR) is 115 cm³/mol. The Balaban J connectivity index is 1.76. The molecule has 0 radical (unpaired) electrons. The second kappa shape index (κ2) is 8.06. The van der Waals surface area contributed by atoms with Crippen LogP contribution >= 0.6 is 0 Å². The number of H-pyrrole nitrogens is 1. The van der Waals surface area contributed by atoms with Crippen LogP contribution in [0.15, 0.2) is 33.9 Å². The average molecular weight is 414 g/mol. The van der Waals surface area contributed by atoms with Gasteiger partial charge < -0.3 is 4.90 Å². The van der Waals surface area contributed by atoms with Crippen molar-refractivity contribution in [1.29, 1.82) is 0 Å². The number of aromatic amines is 1. The monoisotopic (exact) mass is 414 g/mol. The van der Waals surface area contributed by atoms with Gasteiger partial charge in [-0.05, 0) is 23.6 Å². The van der Waals surface area contributed by atoms with Gasteiger partial charge in [-0.1, -0.05) is 26.0 Å². The molecule has 0 atom stereocenters. The summed E-state index contributed by atoms with van der Waals surface area (Å²) in [5.74, 6) is 0.953. The maximum absolute atomic E-state index is 13.4. The molecule has 9 heteroatoms. The summed E-state index contributed by atoms with van der Waals surface area (Å²) in [6.07, 6.45) is 0. The highest BCUT2D eigenvalue weighted by Crippen LogP contribution is 2.22. The zero-order chi connectivity index (χ0) is 21.4. The molecule has 1 aliphatic rings. The summed E-state index contributed by atoms with van der Waals surface area (Å²) in [5.41, 5.74) is 0.592. The molecule has 1 saturated heterocycles. The Kier molecular flexibility index (Phi) is 5.46. The van der Waals surface area contributed by atoms with Gasteiger partial charge in [-0.15, -0.1) is 0 Å². The first-order valence-electron chi connectivity index (χ1n) is 10.2. The van der Waals surface area contributed by atoms with Crippen LogP contribution in [0.5, 0.6) is 0 Å². The Morgan fingerprint density at radius 2 is 1.77 bits per heavy atom. The van der Waals surface area contributed by atoms with E-state index in [2.05, 4.69) is 28.6 Å². The number of nitrogens with one attached hydrogen (secondary N) is 1. The van der Waals surface area contributed by atoms with E-state index >= 15 is 0 Å². The number of piperazine rings is 1. The van der Waals surface area contributed by atoms with E-state index < -0.39 is 11.2 Å². The second-order valence-corrected chi connectivity index (χ2v) is 8.30. The van der Waals surface area contributed by atoms with Crippen LogP contribution in [0.2, 0.25) is 0 Å². The van der Waals surface area contributed by atoms with Crippen LogP contribution in [0.1, 0.15) is 19.4 Å². The number of imidazole rings is 1. The van der Waals surface area contributed by atoms with E-state index in [0.717, 1.165) is 38.3 Å². The lowest BCUT2D eigenvalue weighted by Crippen LogP contribution is -2.48. The molecule has 3 heterocycles. The molecule has 1 aliphatic heterocycles. The van der Waals surface area contributed by atoms with Crippen LogP contribution in [0, 0.1) is 11.7 Å². The fourth-order valence-electron chi connectivity index (χ4n) is 4.03. The zero-order valence-corrected chi connectivity index (χ0v) is 17.6. The van der Waals surface area contributed by atoms with E-state index in [9.17, 15) is 14.0 Å². The van der Waals surface area contributed by atoms with E-state index in [0.29, 0.717) is 29.6 Å². The Bertz CT molecular complexity index is 1150. The van der Waals surface area contributed by atoms with Crippen molar-refractivity contribution in [2.75, 3.05) is 37.6 Å². The summed E-state index contributed by atoms with van der Waals surface area (Å²) < 4.78 is 16.5. The van der Waals surface area contributed by atoms with E-state index in [1.807, 2.05) is 4.57 Å². The molecule has 0 amide bonds. The maximum Gasteiger partial charge on any atom is 0.329 e. The van der Waals surface area contributed by atoms with Crippen LogP contribution in [0.4, 0.5) is 10.3 Å². The van der Waals surface area contributed by atoms with Gasteiger partial charge in [-0.25, -0.2) is 9.18 Å². The van der Waals surface area contributed by atoms with E-state index in [4.69, 9.17) is 4.98 Å². The first-order chi connectivity index (χ1) is 14.3. The largest absolute Gasteiger partial charge is 0.340 e. The van der Waals surface area contributed by atoms with Gasteiger partial charge in [0.2, 0.25) is 5.95 Å². The molecule has 0 spiro atoms. The van der Waals surface area contributed by atoms with Crippen molar-refractivity contribution in [3.05, 3.63) is 56.5 Å². The lowest BCUT2D eigenvalue weighted by Gasteiger charge is -2.36. The predicted octanol–water partition coefficient (Wildman–Crippen LogP) is 1.39. The number of fused-ring (bicyclic) bond motifs is 1. The molecular formula is C21H27FN6O2. The minimum absolute atomic E-state index is 0.309. The second-order valence-electron chi connectivity index (χ2n) is 8.30. The highest BCUT2D eigenvalue weighted by Gasteiger charge is 2.25. The van der Waals surface area contributed by atoms with Crippen molar-refractivity contribution in [3.8, 4) is 0 Å². The molecule has 1 N–H and O–H groups in total. The highest BCUT2D eigenvalue weighted by atomic mass is 19.1. The number of aromatic nitrogens is 4. The van der Waals surface area contributed by atoms with Crippen LogP contribution in [-0.2, 0) is 13.6 Å². The molecule has 0 bridgehead atoms. The third kappa shape index (κ3) is 3.89. The van der Waals surface area contributed by atoms with Crippen LogP contribution in [0.3, 0.4) is 0 Å². The first kappa shape index (κ1) is 20.3. The summed E-state index contributed by atoms with van der Waals surface area (Å²) in [6.45, 7) is 9.22. The topological polar surface area (TPSA) is 79.2 Å². The fraction of sp³-hybridized carbons (Fsp3) is 0.476. The highest BCUT2D eigenvalue weighted by molar-refractivity contribution is 5.74. The van der Waals surface area contributed by atoms with Gasteiger partial charge in [0.25, 0.3) is 5.56 Å². The molecule has 4 rings (SSSR count). The number of rotatable bonds is 5. The third-order valence-corrected chi connectivity index (χ3v) is 5.52. The number of aryl methyl sites for hydroxylation is 1. The van der Waals surface area contributed by atoms with Gasteiger partial charge in [0.15, 0.2) is 11.2 Å². The summed E-state index contributed by atoms with van der Waals surface area (Å²) in [4.78, 5) is 36.4. The molecule has 3 aromatic rings. The van der Waals surface area contributed by atoms with Crippen LogP contribution in [-0.4, -0.2) is 56.7 Å². The Morgan fingerprint density at radius 1 is 1.10 bits per heavy atom. The molecule has 1 aromatic carbocycles. The minimum Gasteiger partial charge on any atom is -0.340 e. The van der Waals surface area contributed by atoms with Crippen molar-refractivity contribution in [3.63, 3.8) is 0 Å². The van der Waals surface area contributed by atoms with Gasteiger partial charge >= 0.3 is 5.69 Å². The Labute approximate surface area is 173 Å². The summed E-state index contributed by atoms with van der Waals surface area (Å²) >= 11 is 0. The summed E-state index contributed by atoms with van der Waals surface area (Å²) in [7, 11) is 1.60. The smallest absolute Gasteiger partial charge is 0.329 e. The Morgan fingerprint density at radius 3 is 2.40 bits per heavy atom. The van der Waals surface area contributed by atoms with Crippen molar-refractivity contribution < 1.29 is 4.39 Å². The van der Waals surface area contributed by atoms with E-state index in [1.165, 1.54) is 16.7 Å². The summed E-state index contributed by atoms with van der Waals surface area (Å²) in [5, 5.41) is 0. The standard InChI is InChI=1S/C21H27FN6O2/c1-14(2)12-26-8-10-27(11-9-26)20-23-18-17(19(29)24-21(30)25(18)3)28(20)13-15-4-6-16(22)7-5-15/h4-7,14H,8-13H2,1-3H3,(H,24,29,30). The molecule has 0 saturated carbocycles. The third-order valence-electron chi connectivity index (χ3n) is 5.52. The van der Waals surface area contributed by atoms with Crippen molar-refractivity contribution >= 4 is 17.1 Å². The molecule has 8 nitrogen and oxygen atoms in total. The van der Waals surface area contributed by atoms with Crippen LogP contribution in [0.25, 0.3) is 11.2 Å². The van der Waals surface area contributed by atoms with Gasteiger partial charge in [0, 0.05) is 39.8 Å². The molecule has 0 unspecified atom stereocenters. The molecule has 2 aromatic heterocycles. The maximum atomic E-state index is 13.4. The quantitative estimate of drug-likeness (QED) is 0.683. The van der Waals surface area contributed by atoms with Gasteiger partial charge in [-0.2, -0.15) is 4.98 Å². The molecule has 0 aliphatic carbocycles. The van der Waals surface area contributed by atoms with Crippen molar-refractivity contribution in [1.82, 2.24) is 24.0 Å². The molecule has 1 fully saturated rings. The normalized spacial score (nSPS) is 15.4. The van der Waals surface area contributed by atoms with Crippen molar-refractivity contribution in [2.45, 2.75) is 20.4 Å². The number of nitrogens with zero attached hydrogens (tertiary/aromatic N) is 5. The number of hydrogen-bond donors (Lipinski definition) is 1. The lowest BCUT2D eigenvalue weighted by atomic mass is 10.2. The minimum atomic E-state index is -0.493. The van der Waals surface area contributed by atoms with E-state index in [1.54, 1.807) is 19.2 Å². The van der Waals surface area contributed by atoms with Gasteiger partial charge in [0.05, 0.1) is 6.54 Å².